The second kappa shape index (κ2) is 9.37. The highest BCUT2D eigenvalue weighted by Gasteiger charge is 2.24. The molecule has 0 bridgehead atoms. The van der Waals surface area contributed by atoms with E-state index in [1.54, 1.807) is 20.8 Å². The number of benzene rings is 2. The minimum absolute atomic E-state index is 0.0450. The van der Waals surface area contributed by atoms with Crippen molar-refractivity contribution in [2.24, 2.45) is 0 Å². The SMILES string of the molecule is CCN(CC)S(=O)(=O)c1ccc(OC(C)C)c(NC(=O)c2cc(F)ccc2C)c1. The van der Waals surface area contributed by atoms with Crippen molar-refractivity contribution in [2.75, 3.05) is 18.4 Å². The van der Waals surface area contributed by atoms with Gasteiger partial charge in [0, 0.05) is 18.7 Å². The third kappa shape index (κ3) is 5.33. The van der Waals surface area contributed by atoms with Gasteiger partial charge >= 0.3 is 0 Å². The summed E-state index contributed by atoms with van der Waals surface area (Å²) in [5, 5.41) is 2.67. The van der Waals surface area contributed by atoms with Crippen LogP contribution in [0.15, 0.2) is 41.3 Å². The molecule has 0 unspecified atom stereocenters. The lowest BCUT2D eigenvalue weighted by Crippen LogP contribution is -2.30. The quantitative estimate of drug-likeness (QED) is 0.692. The van der Waals surface area contributed by atoms with Crippen molar-refractivity contribution in [3.63, 3.8) is 0 Å². The maximum absolute atomic E-state index is 13.6. The molecule has 0 aliphatic rings. The van der Waals surface area contributed by atoms with Gasteiger partial charge in [-0.15, -0.1) is 0 Å². The predicted octanol–water partition coefficient (Wildman–Crippen LogP) is 4.20. The summed E-state index contributed by atoms with van der Waals surface area (Å²) in [5.41, 5.74) is 0.972. The van der Waals surface area contributed by atoms with Crippen molar-refractivity contribution in [2.45, 2.75) is 45.6 Å². The number of anilines is 1. The molecule has 6 nitrogen and oxygen atoms in total. The highest BCUT2D eigenvalue weighted by molar-refractivity contribution is 7.89. The van der Waals surface area contributed by atoms with E-state index < -0.39 is 21.7 Å². The van der Waals surface area contributed by atoms with Crippen LogP contribution in [-0.4, -0.2) is 37.8 Å². The van der Waals surface area contributed by atoms with Gasteiger partial charge in [0.2, 0.25) is 10.0 Å². The fraction of sp³-hybridized carbons (Fsp3) is 0.381. The van der Waals surface area contributed by atoms with E-state index in [9.17, 15) is 17.6 Å². The summed E-state index contributed by atoms with van der Waals surface area (Å²) in [5.74, 6) is -0.744. The molecule has 0 fully saturated rings. The molecule has 1 N–H and O–H groups in total. The van der Waals surface area contributed by atoms with Crippen LogP contribution in [0.25, 0.3) is 0 Å². The second-order valence-corrected chi connectivity index (χ2v) is 8.77. The second-order valence-electron chi connectivity index (χ2n) is 6.83. The van der Waals surface area contributed by atoms with Gasteiger partial charge in [-0.05, 0) is 56.7 Å². The molecule has 1 amide bonds. The van der Waals surface area contributed by atoms with Gasteiger partial charge in [0.15, 0.2) is 0 Å². The molecule has 0 aliphatic heterocycles. The molecular formula is C21H27FN2O4S. The van der Waals surface area contributed by atoms with Crippen molar-refractivity contribution in [1.82, 2.24) is 4.31 Å². The Bertz CT molecular complexity index is 986. The normalized spacial score (nSPS) is 11.7. The predicted molar refractivity (Wildman–Crippen MR) is 111 cm³/mol. The standard InChI is InChI=1S/C21H27FN2O4S/c1-6-24(7-2)29(26,27)17-10-11-20(28-14(3)4)19(13-17)23-21(25)18-12-16(22)9-8-15(18)5/h8-14H,6-7H2,1-5H3,(H,23,25). The molecule has 0 saturated heterocycles. The van der Waals surface area contributed by atoms with E-state index in [-0.39, 0.29) is 22.3 Å². The van der Waals surface area contributed by atoms with Gasteiger partial charge in [-0.25, -0.2) is 12.8 Å². The van der Waals surface area contributed by atoms with E-state index in [0.717, 1.165) is 6.07 Å². The van der Waals surface area contributed by atoms with Crippen LogP contribution in [0, 0.1) is 12.7 Å². The lowest BCUT2D eigenvalue weighted by molar-refractivity contribution is 0.102. The third-order valence-corrected chi connectivity index (χ3v) is 6.40. The van der Waals surface area contributed by atoms with Crippen molar-refractivity contribution in [3.05, 3.63) is 53.3 Å². The van der Waals surface area contributed by atoms with Crippen LogP contribution in [0.3, 0.4) is 0 Å². The minimum Gasteiger partial charge on any atom is -0.489 e. The Balaban J connectivity index is 2.49. The summed E-state index contributed by atoms with van der Waals surface area (Å²) in [6.07, 6.45) is -0.188. The lowest BCUT2D eigenvalue weighted by Gasteiger charge is -2.21. The minimum atomic E-state index is -3.72. The van der Waals surface area contributed by atoms with E-state index in [0.29, 0.717) is 24.4 Å². The zero-order chi connectivity index (χ0) is 21.8. The van der Waals surface area contributed by atoms with Gasteiger partial charge in [0.05, 0.1) is 16.7 Å². The molecule has 2 aromatic carbocycles. The van der Waals surface area contributed by atoms with Gasteiger partial charge in [-0.3, -0.25) is 4.79 Å². The van der Waals surface area contributed by atoms with E-state index >= 15 is 0 Å². The fourth-order valence-corrected chi connectivity index (χ4v) is 4.35. The number of ether oxygens (including phenoxy) is 1. The number of nitrogens with one attached hydrogen (secondary N) is 1. The Kier molecular flexibility index (Phi) is 7.37. The van der Waals surface area contributed by atoms with Gasteiger partial charge < -0.3 is 10.1 Å². The van der Waals surface area contributed by atoms with Crippen LogP contribution in [0.4, 0.5) is 10.1 Å². The van der Waals surface area contributed by atoms with Crippen molar-refractivity contribution < 1.29 is 22.3 Å². The van der Waals surface area contributed by atoms with Gasteiger partial charge in [0.25, 0.3) is 5.91 Å². The molecule has 0 heterocycles. The van der Waals surface area contributed by atoms with Gasteiger partial charge in [0.1, 0.15) is 11.6 Å². The largest absolute Gasteiger partial charge is 0.489 e. The summed E-state index contributed by atoms with van der Waals surface area (Å²) in [6, 6.07) is 8.27. The first kappa shape index (κ1) is 22.8. The van der Waals surface area contributed by atoms with Crippen LogP contribution in [-0.2, 0) is 10.0 Å². The van der Waals surface area contributed by atoms with Crippen LogP contribution >= 0.6 is 0 Å². The topological polar surface area (TPSA) is 75.7 Å². The van der Waals surface area contributed by atoms with E-state index in [4.69, 9.17) is 4.74 Å². The summed E-state index contributed by atoms with van der Waals surface area (Å²) in [4.78, 5) is 12.8. The molecule has 2 rings (SSSR count). The summed E-state index contributed by atoms with van der Waals surface area (Å²) < 4.78 is 46.4. The van der Waals surface area contributed by atoms with Crippen LogP contribution in [0.5, 0.6) is 5.75 Å². The Labute approximate surface area is 171 Å². The zero-order valence-electron chi connectivity index (χ0n) is 17.3. The molecule has 29 heavy (non-hydrogen) atoms. The van der Waals surface area contributed by atoms with Crippen molar-refractivity contribution in [3.8, 4) is 5.75 Å². The molecule has 2 aromatic rings. The number of carbonyl (C=O) groups excluding carboxylic acids is 1. The zero-order valence-corrected chi connectivity index (χ0v) is 18.1. The molecule has 0 spiro atoms. The Morgan fingerprint density at radius 3 is 2.38 bits per heavy atom. The van der Waals surface area contributed by atoms with Crippen molar-refractivity contribution in [1.29, 1.82) is 0 Å². The number of hydrogen-bond acceptors (Lipinski definition) is 4. The number of nitrogens with zero attached hydrogens (tertiary/aromatic N) is 1. The Hall–Kier alpha value is -2.45. The first-order valence-electron chi connectivity index (χ1n) is 9.48. The summed E-state index contributed by atoms with van der Waals surface area (Å²) >= 11 is 0. The number of amides is 1. The number of sulfonamides is 1. The number of halogens is 1. The maximum atomic E-state index is 13.6. The fourth-order valence-electron chi connectivity index (χ4n) is 2.87. The number of aryl methyl sites for hydroxylation is 1. The maximum Gasteiger partial charge on any atom is 0.256 e. The monoisotopic (exact) mass is 422 g/mol. The average Bonchev–Trinajstić information content (AvgIpc) is 2.65. The van der Waals surface area contributed by atoms with Crippen LogP contribution in [0.2, 0.25) is 0 Å². The molecule has 0 aromatic heterocycles. The highest BCUT2D eigenvalue weighted by atomic mass is 32.2. The number of hydrogen-bond donors (Lipinski definition) is 1. The van der Waals surface area contributed by atoms with Gasteiger partial charge in [-0.1, -0.05) is 19.9 Å². The average molecular weight is 423 g/mol. The van der Waals surface area contributed by atoms with E-state index in [1.165, 1.54) is 34.6 Å². The molecule has 158 valence electrons. The molecule has 8 heteroatoms. The highest BCUT2D eigenvalue weighted by Crippen LogP contribution is 2.30. The Morgan fingerprint density at radius 1 is 1.14 bits per heavy atom. The first-order valence-corrected chi connectivity index (χ1v) is 10.9. The molecular weight excluding hydrogens is 395 g/mol. The first-order chi connectivity index (χ1) is 13.6. The summed E-state index contributed by atoms with van der Waals surface area (Å²) in [7, 11) is -3.72. The van der Waals surface area contributed by atoms with Gasteiger partial charge in [-0.2, -0.15) is 4.31 Å². The molecule has 0 radical (unpaired) electrons. The van der Waals surface area contributed by atoms with E-state index in [2.05, 4.69) is 5.32 Å². The Morgan fingerprint density at radius 2 is 1.79 bits per heavy atom. The smallest absolute Gasteiger partial charge is 0.256 e. The van der Waals surface area contributed by atoms with Crippen molar-refractivity contribution >= 4 is 21.6 Å². The number of carbonyl (C=O) groups is 1. The van der Waals surface area contributed by atoms with Crippen LogP contribution in [0.1, 0.15) is 43.6 Å². The van der Waals surface area contributed by atoms with Crippen LogP contribution < -0.4 is 10.1 Å². The summed E-state index contributed by atoms with van der Waals surface area (Å²) in [6.45, 7) is 9.51. The lowest BCUT2D eigenvalue weighted by atomic mass is 10.1. The molecule has 0 atom stereocenters. The van der Waals surface area contributed by atoms with E-state index in [1.807, 2.05) is 13.8 Å². The molecule has 0 aliphatic carbocycles. The number of rotatable bonds is 8. The molecule has 0 saturated carbocycles. The third-order valence-electron chi connectivity index (χ3n) is 4.35.